The number of carbonyl (C=O) groups excluding carboxylic acids is 1. The van der Waals surface area contributed by atoms with Crippen molar-refractivity contribution in [2.24, 2.45) is 10.7 Å². The van der Waals surface area contributed by atoms with Gasteiger partial charge < -0.3 is 11.1 Å². The second kappa shape index (κ2) is 2.98. The molecule has 0 aromatic rings. The van der Waals surface area contributed by atoms with E-state index in [2.05, 4.69) is 10.3 Å². The molecule has 1 rings (SSSR count). The number of aliphatic imine (C=N–C) groups is 1. The Morgan fingerprint density at radius 1 is 1.90 bits per heavy atom. The van der Waals surface area contributed by atoms with Crippen LogP contribution < -0.4 is 11.1 Å². The lowest BCUT2D eigenvalue weighted by Crippen LogP contribution is -2.14. The van der Waals surface area contributed by atoms with Crippen molar-refractivity contribution < 1.29 is 4.79 Å². The molecule has 1 fully saturated rings. The molecule has 1 aliphatic heterocycles. The Bertz CT molecular complexity index is 213. The fourth-order valence-electron chi connectivity index (χ4n) is 0.512. The summed E-state index contributed by atoms with van der Waals surface area (Å²) in [5, 5.41) is 3.47. The van der Waals surface area contributed by atoms with Gasteiger partial charge in [0.05, 0.1) is 6.54 Å². The summed E-state index contributed by atoms with van der Waals surface area (Å²) in [5.41, 5.74) is 4.81. The Kier molecular flexibility index (Phi) is 2.23. The molecule has 0 bridgehead atoms. The molecule has 54 valence electrons. The van der Waals surface area contributed by atoms with Crippen LogP contribution in [0.3, 0.4) is 0 Å². The number of nitrogens with zero attached hydrogens (tertiary/aromatic N) is 1. The number of hydrogen-bond donors (Lipinski definition) is 2. The normalized spacial score (nSPS) is 21.2. The fraction of sp³-hybridized carbons (Fsp3) is 0.250. The summed E-state index contributed by atoms with van der Waals surface area (Å²) in [5.74, 6) is 0. The lowest BCUT2D eigenvalue weighted by molar-refractivity contribution is 0.257. The minimum absolute atomic E-state index is 0.520. The summed E-state index contributed by atoms with van der Waals surface area (Å²) in [6, 6.07) is -0.672. The predicted molar refractivity (Wildman–Crippen MR) is 45.2 cm³/mol. The van der Waals surface area contributed by atoms with E-state index in [0.29, 0.717) is 15.9 Å². The van der Waals surface area contributed by atoms with Gasteiger partial charge in [0, 0.05) is 0 Å². The number of urea groups is 1. The van der Waals surface area contributed by atoms with Crippen LogP contribution in [0, 0.1) is 0 Å². The molecule has 0 aromatic heterocycles. The van der Waals surface area contributed by atoms with Crippen molar-refractivity contribution >= 4 is 39.4 Å². The Morgan fingerprint density at radius 2 is 2.60 bits per heavy atom. The van der Waals surface area contributed by atoms with Crippen molar-refractivity contribution in [3.63, 3.8) is 0 Å². The van der Waals surface area contributed by atoms with E-state index in [9.17, 15) is 4.79 Å². The highest BCUT2D eigenvalue weighted by Gasteiger charge is 2.13. The summed E-state index contributed by atoms with van der Waals surface area (Å²) in [7, 11) is 0. The largest absolute Gasteiger partial charge is 0.364 e. The standard InChI is InChI=1S/C4H5N3OS2/c5-3(8)7-2-1-6-4(9)10-2/h1H2,(H2,5,8)(H,6,9). The second-order valence-corrected chi connectivity index (χ2v) is 3.34. The van der Waals surface area contributed by atoms with Gasteiger partial charge in [0.1, 0.15) is 9.36 Å². The van der Waals surface area contributed by atoms with E-state index in [1.807, 2.05) is 0 Å². The van der Waals surface area contributed by atoms with Crippen LogP contribution in [0.15, 0.2) is 4.99 Å². The van der Waals surface area contributed by atoms with Crippen molar-refractivity contribution in [1.82, 2.24) is 5.32 Å². The number of carbonyl (C=O) groups is 1. The van der Waals surface area contributed by atoms with Gasteiger partial charge in [0.25, 0.3) is 0 Å². The number of hydrogen-bond acceptors (Lipinski definition) is 3. The highest BCUT2D eigenvalue weighted by atomic mass is 32.2. The molecule has 1 aliphatic rings. The molecule has 6 heteroatoms. The van der Waals surface area contributed by atoms with E-state index in [1.54, 1.807) is 0 Å². The van der Waals surface area contributed by atoms with Gasteiger partial charge in [-0.3, -0.25) is 0 Å². The molecule has 3 N–H and O–H groups in total. The summed E-state index contributed by atoms with van der Waals surface area (Å²) >= 11 is 6.03. The molecular formula is C4H5N3OS2. The molecule has 0 radical (unpaired) electrons. The highest BCUT2D eigenvalue weighted by Crippen LogP contribution is 2.11. The van der Waals surface area contributed by atoms with Crippen molar-refractivity contribution in [2.45, 2.75) is 0 Å². The number of rotatable bonds is 0. The smallest absolute Gasteiger partial charge is 0.339 e. The van der Waals surface area contributed by atoms with Gasteiger partial charge in [0.15, 0.2) is 0 Å². The molecule has 0 aromatic carbocycles. The van der Waals surface area contributed by atoms with Crippen LogP contribution in [0.4, 0.5) is 4.79 Å². The Morgan fingerprint density at radius 3 is 3.00 bits per heavy atom. The Labute approximate surface area is 67.3 Å². The van der Waals surface area contributed by atoms with E-state index in [1.165, 1.54) is 11.8 Å². The number of amides is 2. The lowest BCUT2D eigenvalue weighted by atomic mass is 10.7. The fourth-order valence-corrected chi connectivity index (χ4v) is 1.51. The lowest BCUT2D eigenvalue weighted by Gasteiger charge is -1.85. The van der Waals surface area contributed by atoms with Crippen LogP contribution in [0.2, 0.25) is 0 Å². The monoisotopic (exact) mass is 175 g/mol. The number of nitrogens with one attached hydrogen (secondary N) is 1. The van der Waals surface area contributed by atoms with Crippen LogP contribution in [-0.2, 0) is 0 Å². The molecule has 0 unspecified atom stereocenters. The zero-order valence-electron chi connectivity index (χ0n) is 4.96. The molecule has 1 heterocycles. The molecule has 0 aliphatic carbocycles. The van der Waals surface area contributed by atoms with Gasteiger partial charge in [0.2, 0.25) is 0 Å². The first-order valence-electron chi connectivity index (χ1n) is 2.51. The topological polar surface area (TPSA) is 67.5 Å². The third-order valence-electron chi connectivity index (χ3n) is 0.829. The molecule has 2 amide bonds. The van der Waals surface area contributed by atoms with Gasteiger partial charge >= 0.3 is 6.03 Å². The van der Waals surface area contributed by atoms with E-state index in [-0.39, 0.29) is 0 Å². The maximum Gasteiger partial charge on any atom is 0.339 e. The first kappa shape index (κ1) is 7.49. The highest BCUT2D eigenvalue weighted by molar-refractivity contribution is 8.33. The van der Waals surface area contributed by atoms with Gasteiger partial charge in [-0.05, 0) is 11.8 Å². The van der Waals surface area contributed by atoms with Gasteiger partial charge in [-0.2, -0.15) is 4.99 Å². The number of primary amides is 1. The minimum atomic E-state index is -0.672. The van der Waals surface area contributed by atoms with Crippen LogP contribution >= 0.6 is 24.0 Å². The molecule has 0 atom stereocenters. The zero-order chi connectivity index (χ0) is 7.56. The SMILES string of the molecule is NC(=O)N=C1CNC(=S)S1. The van der Waals surface area contributed by atoms with Crippen LogP contribution in [0.25, 0.3) is 0 Å². The maximum atomic E-state index is 10.2. The van der Waals surface area contributed by atoms with Crippen molar-refractivity contribution in [3.8, 4) is 0 Å². The van der Waals surface area contributed by atoms with Crippen LogP contribution in [0.5, 0.6) is 0 Å². The van der Waals surface area contributed by atoms with E-state index in [4.69, 9.17) is 18.0 Å². The number of thiocarbonyl (C=S) groups is 1. The third kappa shape index (κ3) is 1.96. The summed E-state index contributed by atoms with van der Waals surface area (Å²) in [6.45, 7) is 0.520. The summed E-state index contributed by atoms with van der Waals surface area (Å²) in [6.07, 6.45) is 0. The van der Waals surface area contributed by atoms with E-state index >= 15 is 0 Å². The molecule has 0 spiro atoms. The molecule has 1 saturated heterocycles. The van der Waals surface area contributed by atoms with E-state index < -0.39 is 6.03 Å². The number of thioether (sulfide) groups is 1. The Hall–Kier alpha value is -0.620. The van der Waals surface area contributed by atoms with Crippen molar-refractivity contribution in [1.29, 1.82) is 0 Å². The summed E-state index contributed by atoms with van der Waals surface area (Å²) in [4.78, 5) is 13.7. The third-order valence-corrected chi connectivity index (χ3v) is 2.02. The molecular weight excluding hydrogens is 170 g/mol. The van der Waals surface area contributed by atoms with Crippen LogP contribution in [0.1, 0.15) is 0 Å². The van der Waals surface area contributed by atoms with Gasteiger partial charge in [-0.15, -0.1) is 0 Å². The first-order chi connectivity index (χ1) is 4.68. The van der Waals surface area contributed by atoms with Gasteiger partial charge in [-0.1, -0.05) is 12.2 Å². The average Bonchev–Trinajstić information content (AvgIpc) is 2.13. The van der Waals surface area contributed by atoms with Crippen molar-refractivity contribution in [3.05, 3.63) is 0 Å². The quantitative estimate of drug-likeness (QED) is 0.512. The predicted octanol–water partition coefficient (Wildman–Crippen LogP) is 0.0849. The Balaban J connectivity index is 2.59. The molecule has 10 heavy (non-hydrogen) atoms. The van der Waals surface area contributed by atoms with Gasteiger partial charge in [-0.25, -0.2) is 4.79 Å². The number of nitrogens with two attached hydrogens (primary N) is 1. The van der Waals surface area contributed by atoms with E-state index in [0.717, 1.165) is 0 Å². The summed E-state index contributed by atoms with van der Waals surface area (Å²) < 4.78 is 0.639. The average molecular weight is 175 g/mol. The minimum Gasteiger partial charge on any atom is -0.364 e. The van der Waals surface area contributed by atoms with Crippen molar-refractivity contribution in [2.75, 3.05) is 6.54 Å². The van der Waals surface area contributed by atoms with Crippen LogP contribution in [-0.4, -0.2) is 21.9 Å². The second-order valence-electron chi connectivity index (χ2n) is 1.59. The zero-order valence-corrected chi connectivity index (χ0v) is 6.59. The molecule has 4 nitrogen and oxygen atoms in total. The molecule has 0 saturated carbocycles. The first-order valence-corrected chi connectivity index (χ1v) is 3.73. The maximum absolute atomic E-state index is 10.2.